The zero-order valence-electron chi connectivity index (χ0n) is 15.0. The van der Waals surface area contributed by atoms with Crippen molar-refractivity contribution in [2.45, 2.75) is 30.3 Å². The minimum Gasteiger partial charge on any atom is -0.461 e. The predicted octanol–water partition coefficient (Wildman–Crippen LogP) is 1.21. The van der Waals surface area contributed by atoms with Crippen LogP contribution in [0.2, 0.25) is 0 Å². The highest BCUT2D eigenvalue weighted by Crippen LogP contribution is 2.44. The van der Waals surface area contributed by atoms with Crippen LogP contribution in [0.15, 0.2) is 29.2 Å². The zero-order chi connectivity index (χ0) is 18.9. The molecular formula is C18H23N3O4S. The van der Waals surface area contributed by atoms with Gasteiger partial charge in [0.2, 0.25) is 10.0 Å². The number of carbonyl (C=O) groups excluding carboxylic acids is 1. The molecule has 7 nitrogen and oxygen atoms in total. The summed E-state index contributed by atoms with van der Waals surface area (Å²) < 4.78 is 32.7. The molecule has 2 aliphatic rings. The standard InChI is InChI=1S/C18H23N3O4S/c1-20(2)13-15-11-18(17(22)25-15)7-9-21(10-8-18)26(23,24)16-6-4-3-5-14(16)12-19/h3-6,15H,7-11,13H2,1-2H3. The van der Waals surface area contributed by atoms with E-state index in [-0.39, 0.29) is 35.6 Å². The number of sulfonamides is 1. The van der Waals surface area contributed by atoms with Crippen LogP contribution in [0.25, 0.3) is 0 Å². The molecule has 0 radical (unpaired) electrons. The molecule has 1 spiro atoms. The molecule has 3 rings (SSSR count). The van der Waals surface area contributed by atoms with Crippen LogP contribution >= 0.6 is 0 Å². The molecule has 1 unspecified atom stereocenters. The monoisotopic (exact) mass is 377 g/mol. The Kier molecular flexibility index (Phi) is 5.06. The number of rotatable bonds is 4. The third-order valence-corrected chi connectivity index (χ3v) is 7.16. The van der Waals surface area contributed by atoms with Crippen LogP contribution in [0.4, 0.5) is 0 Å². The number of benzene rings is 1. The Morgan fingerprint density at radius 3 is 2.58 bits per heavy atom. The molecule has 8 heteroatoms. The van der Waals surface area contributed by atoms with Crippen LogP contribution in [0, 0.1) is 16.7 Å². The molecule has 0 aliphatic carbocycles. The summed E-state index contributed by atoms with van der Waals surface area (Å²) in [5.41, 5.74) is -0.444. The average molecular weight is 377 g/mol. The van der Waals surface area contributed by atoms with Crippen LogP contribution in [-0.2, 0) is 19.6 Å². The predicted molar refractivity (Wildman–Crippen MR) is 94.6 cm³/mol. The van der Waals surface area contributed by atoms with Gasteiger partial charge in [0.25, 0.3) is 0 Å². The van der Waals surface area contributed by atoms with Gasteiger partial charge in [0.05, 0.1) is 15.9 Å². The molecule has 2 heterocycles. The number of hydrogen-bond acceptors (Lipinski definition) is 6. The second-order valence-corrected chi connectivity index (χ2v) is 9.19. The van der Waals surface area contributed by atoms with E-state index in [1.165, 1.54) is 16.4 Å². The first-order valence-electron chi connectivity index (χ1n) is 8.64. The van der Waals surface area contributed by atoms with E-state index in [1.54, 1.807) is 12.1 Å². The minimum atomic E-state index is -3.75. The summed E-state index contributed by atoms with van der Waals surface area (Å²) in [7, 11) is 0.112. The molecule has 0 bridgehead atoms. The number of carbonyl (C=O) groups is 1. The van der Waals surface area contributed by atoms with Crippen molar-refractivity contribution < 1.29 is 17.9 Å². The van der Waals surface area contributed by atoms with E-state index in [1.807, 2.05) is 25.1 Å². The molecule has 0 saturated carbocycles. The molecule has 140 valence electrons. The number of cyclic esters (lactones) is 1. The van der Waals surface area contributed by atoms with Crippen molar-refractivity contribution in [2.75, 3.05) is 33.7 Å². The van der Waals surface area contributed by atoms with Crippen molar-refractivity contribution in [2.24, 2.45) is 5.41 Å². The van der Waals surface area contributed by atoms with Crippen molar-refractivity contribution in [3.63, 3.8) is 0 Å². The van der Waals surface area contributed by atoms with Gasteiger partial charge < -0.3 is 9.64 Å². The van der Waals surface area contributed by atoms with E-state index in [9.17, 15) is 18.5 Å². The highest BCUT2D eigenvalue weighted by molar-refractivity contribution is 7.89. The Labute approximate surface area is 154 Å². The lowest BCUT2D eigenvalue weighted by Gasteiger charge is -2.35. The van der Waals surface area contributed by atoms with Crippen molar-refractivity contribution in [1.29, 1.82) is 5.26 Å². The van der Waals surface area contributed by atoms with Gasteiger partial charge in [-0.1, -0.05) is 12.1 Å². The zero-order valence-corrected chi connectivity index (χ0v) is 15.8. The summed E-state index contributed by atoms with van der Waals surface area (Å²) >= 11 is 0. The SMILES string of the molecule is CN(C)CC1CC2(CCN(S(=O)(=O)c3ccccc3C#N)CC2)C(=O)O1. The number of ether oxygens (including phenoxy) is 1. The van der Waals surface area contributed by atoms with Gasteiger partial charge in [-0.25, -0.2) is 8.42 Å². The van der Waals surface area contributed by atoms with Crippen molar-refractivity contribution >= 4 is 16.0 Å². The van der Waals surface area contributed by atoms with Gasteiger partial charge in [-0.05, 0) is 39.1 Å². The van der Waals surface area contributed by atoms with Crippen LogP contribution in [0.5, 0.6) is 0 Å². The lowest BCUT2D eigenvalue weighted by atomic mass is 9.76. The summed E-state index contributed by atoms with van der Waals surface area (Å²) in [4.78, 5) is 14.4. The number of piperidine rings is 1. The summed E-state index contributed by atoms with van der Waals surface area (Å²) in [5.74, 6) is -0.209. The summed E-state index contributed by atoms with van der Waals surface area (Å²) in [5, 5.41) is 9.19. The van der Waals surface area contributed by atoms with Gasteiger partial charge >= 0.3 is 5.97 Å². The Hall–Kier alpha value is -1.95. The maximum absolute atomic E-state index is 12.9. The molecule has 26 heavy (non-hydrogen) atoms. The van der Waals surface area contributed by atoms with Crippen molar-refractivity contribution in [1.82, 2.24) is 9.21 Å². The number of nitriles is 1. The second kappa shape index (κ2) is 6.99. The van der Waals surface area contributed by atoms with E-state index >= 15 is 0 Å². The summed E-state index contributed by atoms with van der Waals surface area (Å²) in [6.45, 7) is 1.18. The molecule has 1 atom stereocenters. The molecular weight excluding hydrogens is 354 g/mol. The maximum atomic E-state index is 12.9. The number of nitrogens with zero attached hydrogens (tertiary/aromatic N) is 3. The molecule has 0 amide bonds. The van der Waals surface area contributed by atoms with Crippen LogP contribution < -0.4 is 0 Å². The lowest BCUT2D eigenvalue weighted by molar-refractivity contribution is -0.150. The van der Waals surface area contributed by atoms with Gasteiger partial charge in [0.1, 0.15) is 12.2 Å². The fourth-order valence-electron chi connectivity index (χ4n) is 3.83. The smallest absolute Gasteiger partial charge is 0.312 e. The Bertz CT molecular complexity index is 836. The van der Waals surface area contributed by atoms with E-state index in [2.05, 4.69) is 0 Å². The van der Waals surface area contributed by atoms with E-state index in [0.717, 1.165) is 0 Å². The van der Waals surface area contributed by atoms with Crippen LogP contribution in [0.1, 0.15) is 24.8 Å². The van der Waals surface area contributed by atoms with Crippen LogP contribution in [0.3, 0.4) is 0 Å². The molecule has 0 aromatic heterocycles. The maximum Gasteiger partial charge on any atom is 0.312 e. The normalized spacial score (nSPS) is 23.2. The topological polar surface area (TPSA) is 90.7 Å². The third-order valence-electron chi connectivity index (χ3n) is 5.20. The first kappa shape index (κ1) is 18.8. The van der Waals surface area contributed by atoms with Gasteiger partial charge in [0, 0.05) is 26.1 Å². The Morgan fingerprint density at radius 1 is 1.31 bits per heavy atom. The Balaban J connectivity index is 1.74. The lowest BCUT2D eigenvalue weighted by Crippen LogP contribution is -2.45. The molecule has 0 N–H and O–H groups in total. The first-order chi connectivity index (χ1) is 12.3. The van der Waals surface area contributed by atoms with Gasteiger partial charge in [-0.2, -0.15) is 9.57 Å². The third kappa shape index (κ3) is 3.34. The minimum absolute atomic E-state index is 0.0259. The molecule has 2 saturated heterocycles. The fourth-order valence-corrected chi connectivity index (χ4v) is 5.42. The van der Waals surface area contributed by atoms with E-state index < -0.39 is 15.4 Å². The Morgan fingerprint density at radius 2 is 1.96 bits per heavy atom. The molecule has 1 aromatic carbocycles. The number of likely N-dealkylation sites (N-methyl/N-ethyl adjacent to an activating group) is 1. The number of esters is 1. The highest BCUT2D eigenvalue weighted by Gasteiger charge is 2.51. The van der Waals surface area contributed by atoms with E-state index in [0.29, 0.717) is 25.8 Å². The molecule has 2 aliphatic heterocycles. The second-order valence-electron chi connectivity index (χ2n) is 7.29. The van der Waals surface area contributed by atoms with Gasteiger partial charge in [0.15, 0.2) is 0 Å². The average Bonchev–Trinajstić information content (AvgIpc) is 2.89. The van der Waals surface area contributed by atoms with Gasteiger partial charge in [-0.3, -0.25) is 4.79 Å². The largest absolute Gasteiger partial charge is 0.461 e. The highest BCUT2D eigenvalue weighted by atomic mass is 32.2. The summed E-state index contributed by atoms with van der Waals surface area (Å²) in [6.07, 6.45) is 1.39. The quantitative estimate of drug-likeness (QED) is 0.733. The van der Waals surface area contributed by atoms with E-state index in [4.69, 9.17) is 4.74 Å². The first-order valence-corrected chi connectivity index (χ1v) is 10.1. The van der Waals surface area contributed by atoms with Crippen LogP contribution in [-0.4, -0.2) is 63.4 Å². The summed E-state index contributed by atoms with van der Waals surface area (Å²) in [6, 6.07) is 8.14. The van der Waals surface area contributed by atoms with Crippen molar-refractivity contribution in [3.05, 3.63) is 29.8 Å². The molecule has 1 aromatic rings. The fraction of sp³-hybridized carbons (Fsp3) is 0.556. The van der Waals surface area contributed by atoms with Gasteiger partial charge in [-0.15, -0.1) is 0 Å². The number of hydrogen-bond donors (Lipinski definition) is 0. The molecule has 2 fully saturated rings. The van der Waals surface area contributed by atoms with Crippen molar-refractivity contribution in [3.8, 4) is 6.07 Å².